The highest BCUT2D eigenvalue weighted by molar-refractivity contribution is 4.91. The lowest BCUT2D eigenvalue weighted by atomic mass is 9.77. The quantitative estimate of drug-likeness (QED) is 0.541. The Balaban J connectivity index is 1.92. The first-order valence-electron chi connectivity index (χ1n) is 4.26. The average molecular weight is 141 g/mol. The van der Waals surface area contributed by atoms with E-state index in [9.17, 15) is 0 Å². The van der Waals surface area contributed by atoms with Crippen molar-refractivity contribution >= 4 is 0 Å². The molecule has 1 heterocycles. The lowest BCUT2D eigenvalue weighted by Gasteiger charge is -2.40. The van der Waals surface area contributed by atoms with Gasteiger partial charge in [-0.1, -0.05) is 0 Å². The first-order chi connectivity index (χ1) is 4.91. The molecule has 0 aromatic carbocycles. The number of ether oxygens (including phenoxy) is 1. The van der Waals surface area contributed by atoms with Crippen molar-refractivity contribution in [2.75, 3.05) is 19.7 Å². The zero-order chi connectivity index (χ0) is 6.86. The summed E-state index contributed by atoms with van der Waals surface area (Å²) in [5.41, 5.74) is 0.323. The van der Waals surface area contributed by atoms with Gasteiger partial charge in [-0.05, 0) is 32.2 Å². The molecule has 1 N–H and O–H groups in total. The van der Waals surface area contributed by atoms with E-state index in [1.54, 1.807) is 0 Å². The maximum atomic E-state index is 5.76. The van der Waals surface area contributed by atoms with E-state index in [1.165, 1.54) is 25.7 Å². The molecule has 10 heavy (non-hydrogen) atoms. The predicted molar refractivity (Wildman–Crippen MR) is 40.0 cm³/mol. The van der Waals surface area contributed by atoms with E-state index in [0.29, 0.717) is 5.60 Å². The van der Waals surface area contributed by atoms with Gasteiger partial charge in [0.25, 0.3) is 0 Å². The summed E-state index contributed by atoms with van der Waals surface area (Å²) >= 11 is 0. The Morgan fingerprint density at radius 1 is 1.10 bits per heavy atom. The van der Waals surface area contributed by atoms with Crippen molar-refractivity contribution in [2.45, 2.75) is 31.3 Å². The van der Waals surface area contributed by atoms with Crippen LogP contribution in [0.4, 0.5) is 0 Å². The normalized spacial score (nSPS) is 31.2. The first kappa shape index (κ1) is 6.62. The van der Waals surface area contributed by atoms with E-state index in [0.717, 1.165) is 19.7 Å². The SMILES string of the molecule is C1CC2(C1)CCNCCO2. The Morgan fingerprint density at radius 2 is 2.00 bits per heavy atom. The summed E-state index contributed by atoms with van der Waals surface area (Å²) in [7, 11) is 0. The fraction of sp³-hybridized carbons (Fsp3) is 1.00. The molecule has 1 saturated heterocycles. The molecule has 2 nitrogen and oxygen atoms in total. The number of hydrogen-bond donors (Lipinski definition) is 1. The van der Waals surface area contributed by atoms with Gasteiger partial charge in [0.05, 0.1) is 12.2 Å². The summed E-state index contributed by atoms with van der Waals surface area (Å²) < 4.78 is 5.76. The Bertz CT molecular complexity index is 110. The topological polar surface area (TPSA) is 21.3 Å². The molecule has 1 aliphatic heterocycles. The van der Waals surface area contributed by atoms with E-state index >= 15 is 0 Å². The minimum absolute atomic E-state index is 0.323. The molecule has 0 amide bonds. The molecule has 0 radical (unpaired) electrons. The van der Waals surface area contributed by atoms with Crippen molar-refractivity contribution in [3.05, 3.63) is 0 Å². The molecule has 58 valence electrons. The molecule has 2 aliphatic rings. The molecule has 0 atom stereocenters. The fourth-order valence-corrected chi connectivity index (χ4v) is 1.82. The molecule has 2 fully saturated rings. The van der Waals surface area contributed by atoms with Crippen molar-refractivity contribution in [1.82, 2.24) is 5.32 Å². The van der Waals surface area contributed by atoms with Crippen LogP contribution in [0.1, 0.15) is 25.7 Å². The number of rotatable bonds is 0. The standard InChI is InChI=1S/C8H15NO/c1-2-8(3-1)4-5-9-6-7-10-8/h9H,1-7H2. The number of nitrogens with one attached hydrogen (secondary N) is 1. The molecule has 0 aromatic heterocycles. The average Bonchev–Trinajstić information content (AvgIpc) is 2.08. The third-order valence-electron chi connectivity index (χ3n) is 2.71. The maximum Gasteiger partial charge on any atom is 0.0695 e. The van der Waals surface area contributed by atoms with Gasteiger partial charge in [-0.15, -0.1) is 0 Å². The molecular weight excluding hydrogens is 126 g/mol. The summed E-state index contributed by atoms with van der Waals surface area (Å²) in [6.07, 6.45) is 5.20. The van der Waals surface area contributed by atoms with Crippen LogP contribution < -0.4 is 5.32 Å². The van der Waals surface area contributed by atoms with Gasteiger partial charge < -0.3 is 10.1 Å². The van der Waals surface area contributed by atoms with Gasteiger partial charge in [0, 0.05) is 6.54 Å². The number of hydrogen-bond acceptors (Lipinski definition) is 2. The van der Waals surface area contributed by atoms with Crippen molar-refractivity contribution in [3.8, 4) is 0 Å². The van der Waals surface area contributed by atoms with Gasteiger partial charge in [-0.3, -0.25) is 0 Å². The van der Waals surface area contributed by atoms with Crippen LogP contribution in [0.25, 0.3) is 0 Å². The van der Waals surface area contributed by atoms with Gasteiger partial charge in [0.1, 0.15) is 0 Å². The highest BCUT2D eigenvalue weighted by atomic mass is 16.5. The maximum absolute atomic E-state index is 5.76. The van der Waals surface area contributed by atoms with Gasteiger partial charge >= 0.3 is 0 Å². The molecular formula is C8H15NO. The molecule has 1 saturated carbocycles. The minimum Gasteiger partial charge on any atom is -0.374 e. The van der Waals surface area contributed by atoms with Gasteiger partial charge in [-0.25, -0.2) is 0 Å². The van der Waals surface area contributed by atoms with Crippen molar-refractivity contribution in [2.24, 2.45) is 0 Å². The summed E-state index contributed by atoms with van der Waals surface area (Å²) in [6, 6.07) is 0. The summed E-state index contributed by atoms with van der Waals surface area (Å²) in [5, 5.41) is 3.35. The van der Waals surface area contributed by atoms with Gasteiger partial charge in [-0.2, -0.15) is 0 Å². The lowest BCUT2D eigenvalue weighted by molar-refractivity contribution is -0.0928. The van der Waals surface area contributed by atoms with Gasteiger partial charge in [0.15, 0.2) is 0 Å². The molecule has 2 rings (SSSR count). The Labute approximate surface area is 61.9 Å². The van der Waals surface area contributed by atoms with Crippen LogP contribution in [0.5, 0.6) is 0 Å². The predicted octanol–water partition coefficient (Wildman–Crippen LogP) is 0.919. The molecule has 1 aliphatic carbocycles. The minimum atomic E-state index is 0.323. The monoisotopic (exact) mass is 141 g/mol. The zero-order valence-electron chi connectivity index (χ0n) is 6.36. The highest BCUT2D eigenvalue weighted by Crippen LogP contribution is 2.38. The second-order valence-corrected chi connectivity index (χ2v) is 3.39. The summed E-state index contributed by atoms with van der Waals surface area (Å²) in [5.74, 6) is 0. The second kappa shape index (κ2) is 2.51. The van der Waals surface area contributed by atoms with Crippen LogP contribution >= 0.6 is 0 Å². The van der Waals surface area contributed by atoms with Crippen molar-refractivity contribution in [3.63, 3.8) is 0 Å². The molecule has 1 spiro atoms. The zero-order valence-corrected chi connectivity index (χ0v) is 6.36. The van der Waals surface area contributed by atoms with Crippen LogP contribution in [-0.4, -0.2) is 25.3 Å². The second-order valence-electron chi connectivity index (χ2n) is 3.39. The van der Waals surface area contributed by atoms with Crippen molar-refractivity contribution < 1.29 is 4.74 Å². The van der Waals surface area contributed by atoms with E-state index in [2.05, 4.69) is 5.32 Å². The first-order valence-corrected chi connectivity index (χ1v) is 4.26. The molecule has 2 heteroatoms. The highest BCUT2D eigenvalue weighted by Gasteiger charge is 2.37. The van der Waals surface area contributed by atoms with Crippen LogP contribution in [0.3, 0.4) is 0 Å². The smallest absolute Gasteiger partial charge is 0.0695 e. The van der Waals surface area contributed by atoms with Crippen LogP contribution in [0.15, 0.2) is 0 Å². The van der Waals surface area contributed by atoms with Crippen LogP contribution in [-0.2, 0) is 4.74 Å². The van der Waals surface area contributed by atoms with Gasteiger partial charge in [0.2, 0.25) is 0 Å². The molecule has 0 unspecified atom stereocenters. The Morgan fingerprint density at radius 3 is 2.70 bits per heavy atom. The van der Waals surface area contributed by atoms with E-state index < -0.39 is 0 Å². The molecule has 0 bridgehead atoms. The van der Waals surface area contributed by atoms with E-state index in [4.69, 9.17) is 4.74 Å². The van der Waals surface area contributed by atoms with E-state index in [-0.39, 0.29) is 0 Å². The Hall–Kier alpha value is -0.0800. The van der Waals surface area contributed by atoms with Crippen molar-refractivity contribution in [1.29, 1.82) is 0 Å². The fourth-order valence-electron chi connectivity index (χ4n) is 1.82. The third kappa shape index (κ3) is 1.06. The van der Waals surface area contributed by atoms with Crippen LogP contribution in [0, 0.1) is 0 Å². The third-order valence-corrected chi connectivity index (χ3v) is 2.71. The lowest BCUT2D eigenvalue weighted by Crippen LogP contribution is -2.40. The largest absolute Gasteiger partial charge is 0.374 e. The van der Waals surface area contributed by atoms with Crippen LogP contribution in [0.2, 0.25) is 0 Å². The molecule has 0 aromatic rings. The van der Waals surface area contributed by atoms with E-state index in [1.807, 2.05) is 0 Å². The Kier molecular flexibility index (Phi) is 1.66. The summed E-state index contributed by atoms with van der Waals surface area (Å²) in [4.78, 5) is 0. The summed E-state index contributed by atoms with van der Waals surface area (Å²) in [6.45, 7) is 3.11.